The van der Waals surface area contributed by atoms with Gasteiger partial charge in [-0.2, -0.15) is 0 Å². The molecule has 0 atom stereocenters. The predicted octanol–water partition coefficient (Wildman–Crippen LogP) is 3.14. The summed E-state index contributed by atoms with van der Waals surface area (Å²) in [7, 11) is 0. The molecule has 3 heteroatoms. The van der Waals surface area contributed by atoms with E-state index in [2.05, 4.69) is 48.5 Å². The van der Waals surface area contributed by atoms with Crippen LogP contribution < -0.4 is 5.73 Å². The minimum absolute atomic E-state index is 0.231. The number of hydrogen-bond donors (Lipinski definition) is 2. The van der Waals surface area contributed by atoms with Crippen molar-refractivity contribution in [1.82, 2.24) is 0 Å². The molecule has 0 aromatic heterocycles. The minimum atomic E-state index is -0.729. The fraction of sp³-hybridized carbons (Fsp3) is 0.278. The van der Waals surface area contributed by atoms with Crippen LogP contribution in [0.25, 0.3) is 0 Å². The van der Waals surface area contributed by atoms with Crippen molar-refractivity contribution in [3.05, 3.63) is 70.8 Å². The van der Waals surface area contributed by atoms with Gasteiger partial charge >= 0.3 is 5.97 Å². The molecule has 0 heterocycles. The fourth-order valence-electron chi connectivity index (χ4n) is 2.30. The van der Waals surface area contributed by atoms with E-state index in [1.165, 1.54) is 16.7 Å². The SMILES string of the molecule is NCc1ccc(Cc2ccc(CCCC(=O)O)cc2)cc1. The van der Waals surface area contributed by atoms with E-state index in [1.807, 2.05) is 0 Å². The van der Waals surface area contributed by atoms with E-state index in [9.17, 15) is 4.79 Å². The molecule has 0 aliphatic heterocycles. The van der Waals surface area contributed by atoms with Gasteiger partial charge in [-0.1, -0.05) is 48.5 Å². The smallest absolute Gasteiger partial charge is 0.303 e. The third-order valence-corrected chi connectivity index (χ3v) is 3.55. The molecule has 2 aromatic rings. The lowest BCUT2D eigenvalue weighted by Crippen LogP contribution is -1.97. The summed E-state index contributed by atoms with van der Waals surface area (Å²) in [5.41, 5.74) is 10.5. The molecule has 0 unspecified atom stereocenters. The number of rotatable bonds is 7. The Bertz CT molecular complexity index is 573. The molecule has 2 aromatic carbocycles. The molecule has 21 heavy (non-hydrogen) atoms. The standard InChI is InChI=1S/C18H21NO2/c19-13-17-10-8-16(9-11-17)12-15-6-4-14(5-7-15)2-1-3-18(20)21/h4-11H,1-3,12-13,19H2,(H,20,21). The van der Waals surface area contributed by atoms with E-state index < -0.39 is 5.97 Å². The monoisotopic (exact) mass is 283 g/mol. The number of carboxylic acids is 1. The molecular formula is C18H21NO2. The van der Waals surface area contributed by atoms with Crippen LogP contribution in [-0.4, -0.2) is 11.1 Å². The Hall–Kier alpha value is -2.13. The van der Waals surface area contributed by atoms with Crippen molar-refractivity contribution in [2.45, 2.75) is 32.2 Å². The molecule has 0 spiro atoms. The second-order valence-electron chi connectivity index (χ2n) is 5.26. The summed E-state index contributed by atoms with van der Waals surface area (Å²) in [6, 6.07) is 16.8. The van der Waals surface area contributed by atoms with Crippen LogP contribution in [0.5, 0.6) is 0 Å². The van der Waals surface area contributed by atoms with E-state index in [0.29, 0.717) is 13.0 Å². The third kappa shape index (κ3) is 5.04. The highest BCUT2D eigenvalue weighted by atomic mass is 16.4. The first-order valence-electron chi connectivity index (χ1n) is 7.25. The normalized spacial score (nSPS) is 10.5. The highest BCUT2D eigenvalue weighted by molar-refractivity contribution is 5.66. The van der Waals surface area contributed by atoms with Crippen LogP contribution in [0.4, 0.5) is 0 Å². The molecule has 0 fully saturated rings. The van der Waals surface area contributed by atoms with E-state index in [4.69, 9.17) is 10.8 Å². The van der Waals surface area contributed by atoms with E-state index in [0.717, 1.165) is 18.4 Å². The van der Waals surface area contributed by atoms with Crippen LogP contribution in [0.15, 0.2) is 48.5 Å². The summed E-state index contributed by atoms with van der Waals surface area (Å²) in [5.74, 6) is -0.729. The summed E-state index contributed by atoms with van der Waals surface area (Å²) >= 11 is 0. The zero-order chi connectivity index (χ0) is 15.1. The van der Waals surface area contributed by atoms with Crippen LogP contribution in [0, 0.1) is 0 Å². The van der Waals surface area contributed by atoms with Gasteiger partial charge in [0.1, 0.15) is 0 Å². The number of carboxylic acid groups (broad SMARTS) is 1. The quantitative estimate of drug-likeness (QED) is 0.820. The lowest BCUT2D eigenvalue weighted by Gasteiger charge is -2.05. The Morgan fingerprint density at radius 3 is 1.81 bits per heavy atom. The first kappa shape index (κ1) is 15.3. The van der Waals surface area contributed by atoms with Crippen LogP contribution in [-0.2, 0) is 24.2 Å². The Balaban J connectivity index is 1.90. The van der Waals surface area contributed by atoms with Crippen LogP contribution in [0.1, 0.15) is 35.1 Å². The van der Waals surface area contributed by atoms with Crippen LogP contribution in [0.2, 0.25) is 0 Å². The van der Waals surface area contributed by atoms with Gasteiger partial charge < -0.3 is 10.8 Å². The van der Waals surface area contributed by atoms with Gasteiger partial charge in [-0.3, -0.25) is 4.79 Å². The molecule has 0 aliphatic rings. The summed E-state index contributed by atoms with van der Waals surface area (Å²) in [6.07, 6.45) is 2.64. The summed E-state index contributed by atoms with van der Waals surface area (Å²) in [5, 5.41) is 8.63. The Morgan fingerprint density at radius 1 is 0.857 bits per heavy atom. The topological polar surface area (TPSA) is 63.3 Å². The first-order valence-corrected chi connectivity index (χ1v) is 7.25. The molecule has 2 rings (SSSR count). The maximum atomic E-state index is 10.5. The van der Waals surface area contributed by atoms with Crippen molar-refractivity contribution in [3.8, 4) is 0 Å². The molecule has 0 aliphatic carbocycles. The van der Waals surface area contributed by atoms with Gasteiger partial charge in [0.2, 0.25) is 0 Å². The van der Waals surface area contributed by atoms with E-state index in [1.54, 1.807) is 0 Å². The number of hydrogen-bond acceptors (Lipinski definition) is 2. The molecular weight excluding hydrogens is 262 g/mol. The predicted molar refractivity (Wildman–Crippen MR) is 84.2 cm³/mol. The van der Waals surface area contributed by atoms with Gasteiger partial charge in [0.05, 0.1) is 0 Å². The summed E-state index contributed by atoms with van der Waals surface area (Å²) in [4.78, 5) is 10.5. The van der Waals surface area contributed by atoms with Gasteiger partial charge in [-0.15, -0.1) is 0 Å². The van der Waals surface area contributed by atoms with Gasteiger partial charge in [-0.05, 0) is 41.5 Å². The zero-order valence-corrected chi connectivity index (χ0v) is 12.1. The summed E-state index contributed by atoms with van der Waals surface area (Å²) < 4.78 is 0. The third-order valence-electron chi connectivity index (χ3n) is 3.55. The molecule has 0 radical (unpaired) electrons. The lowest BCUT2D eigenvalue weighted by atomic mass is 10.0. The molecule has 0 saturated heterocycles. The molecule has 110 valence electrons. The van der Waals surface area contributed by atoms with Gasteiger partial charge in [0.25, 0.3) is 0 Å². The first-order chi connectivity index (χ1) is 10.2. The molecule has 0 bridgehead atoms. The fourth-order valence-corrected chi connectivity index (χ4v) is 2.30. The number of nitrogens with two attached hydrogens (primary N) is 1. The van der Waals surface area contributed by atoms with Crippen molar-refractivity contribution in [3.63, 3.8) is 0 Å². The van der Waals surface area contributed by atoms with E-state index >= 15 is 0 Å². The summed E-state index contributed by atoms with van der Waals surface area (Å²) in [6.45, 7) is 0.575. The Labute approximate surface area is 125 Å². The van der Waals surface area contributed by atoms with Crippen molar-refractivity contribution in [2.75, 3.05) is 0 Å². The number of aliphatic carboxylic acids is 1. The van der Waals surface area contributed by atoms with Crippen molar-refractivity contribution in [2.24, 2.45) is 5.73 Å². The average molecular weight is 283 g/mol. The lowest BCUT2D eigenvalue weighted by molar-refractivity contribution is -0.137. The van der Waals surface area contributed by atoms with Crippen molar-refractivity contribution in [1.29, 1.82) is 0 Å². The van der Waals surface area contributed by atoms with Crippen molar-refractivity contribution >= 4 is 5.97 Å². The Morgan fingerprint density at radius 2 is 1.33 bits per heavy atom. The van der Waals surface area contributed by atoms with Gasteiger partial charge in [-0.25, -0.2) is 0 Å². The highest BCUT2D eigenvalue weighted by Gasteiger charge is 2.00. The maximum Gasteiger partial charge on any atom is 0.303 e. The molecule has 0 amide bonds. The number of aryl methyl sites for hydroxylation is 1. The zero-order valence-electron chi connectivity index (χ0n) is 12.1. The number of benzene rings is 2. The minimum Gasteiger partial charge on any atom is -0.481 e. The average Bonchev–Trinajstić information content (AvgIpc) is 2.49. The second kappa shape index (κ2) is 7.60. The second-order valence-corrected chi connectivity index (χ2v) is 5.26. The van der Waals surface area contributed by atoms with Gasteiger partial charge in [0, 0.05) is 13.0 Å². The van der Waals surface area contributed by atoms with E-state index in [-0.39, 0.29) is 6.42 Å². The van der Waals surface area contributed by atoms with Crippen LogP contribution in [0.3, 0.4) is 0 Å². The molecule has 3 nitrogen and oxygen atoms in total. The highest BCUT2D eigenvalue weighted by Crippen LogP contribution is 2.13. The van der Waals surface area contributed by atoms with Gasteiger partial charge in [0.15, 0.2) is 0 Å². The van der Waals surface area contributed by atoms with Crippen molar-refractivity contribution < 1.29 is 9.90 Å². The Kier molecular flexibility index (Phi) is 5.52. The number of carbonyl (C=O) groups is 1. The van der Waals surface area contributed by atoms with Crippen LogP contribution >= 0.6 is 0 Å². The molecule has 3 N–H and O–H groups in total. The maximum absolute atomic E-state index is 10.5. The molecule has 0 saturated carbocycles. The largest absolute Gasteiger partial charge is 0.481 e.